The number of rotatable bonds is 4. The Balaban J connectivity index is 1.56. The highest BCUT2D eigenvalue weighted by atomic mass is 15.0. The topological polar surface area (TPSA) is 9.86 Å². The summed E-state index contributed by atoms with van der Waals surface area (Å²) in [5.41, 5.74) is 13.0. The summed E-state index contributed by atoms with van der Waals surface area (Å²) in [7, 11) is 0. The summed E-state index contributed by atoms with van der Waals surface area (Å²) < 4.78 is 5.05. The first-order valence-electron chi connectivity index (χ1n) is 15.9. The van der Waals surface area contributed by atoms with E-state index >= 15 is 0 Å². The van der Waals surface area contributed by atoms with E-state index in [9.17, 15) is 0 Å². The van der Waals surface area contributed by atoms with Crippen molar-refractivity contribution in [2.75, 3.05) is 0 Å². The van der Waals surface area contributed by atoms with Gasteiger partial charge in [-0.2, -0.15) is 0 Å². The van der Waals surface area contributed by atoms with E-state index in [4.69, 9.17) is 0 Å². The number of aromatic nitrogens is 2. The quantitative estimate of drug-likeness (QED) is 0.199. The predicted octanol–water partition coefficient (Wildman–Crippen LogP) is 12.0. The zero-order valence-corrected chi connectivity index (χ0v) is 26.4. The second-order valence-corrected chi connectivity index (χ2v) is 13.0. The van der Waals surface area contributed by atoms with E-state index in [0.717, 1.165) is 0 Å². The average molecular weight is 571 g/mol. The molecule has 0 amide bonds. The van der Waals surface area contributed by atoms with Crippen molar-refractivity contribution in [3.05, 3.63) is 126 Å². The van der Waals surface area contributed by atoms with Crippen LogP contribution in [0.2, 0.25) is 0 Å². The SMILES string of the molecule is Cc1cc(-n2c3ccccc3c3c4ccccc4c(-c4cccc5c6ccccc6n(C(C)C)c45)cc32)c(C)cc1C(C)C. The van der Waals surface area contributed by atoms with Gasteiger partial charge in [-0.1, -0.05) is 98.8 Å². The van der Waals surface area contributed by atoms with E-state index in [1.54, 1.807) is 0 Å². The fourth-order valence-electron chi connectivity index (χ4n) is 7.80. The van der Waals surface area contributed by atoms with E-state index in [0.29, 0.717) is 12.0 Å². The molecule has 0 radical (unpaired) electrons. The Morgan fingerprint density at radius 2 is 1.14 bits per heavy atom. The number of benzene rings is 6. The lowest BCUT2D eigenvalue weighted by Gasteiger charge is -2.19. The molecule has 6 aromatic carbocycles. The highest BCUT2D eigenvalue weighted by Gasteiger charge is 2.22. The number of fused-ring (bicyclic) bond motifs is 8. The molecule has 0 bridgehead atoms. The van der Waals surface area contributed by atoms with Gasteiger partial charge in [0.1, 0.15) is 0 Å². The van der Waals surface area contributed by atoms with E-state index in [-0.39, 0.29) is 0 Å². The lowest BCUT2D eigenvalue weighted by atomic mass is 9.93. The van der Waals surface area contributed by atoms with Crippen molar-refractivity contribution in [2.24, 2.45) is 0 Å². The summed E-state index contributed by atoms with van der Waals surface area (Å²) in [6.07, 6.45) is 0. The first-order valence-corrected chi connectivity index (χ1v) is 15.9. The zero-order chi connectivity index (χ0) is 30.3. The van der Waals surface area contributed by atoms with E-state index in [1.165, 1.54) is 87.9 Å². The Kier molecular flexibility index (Phi) is 6.00. The Morgan fingerprint density at radius 3 is 1.86 bits per heavy atom. The van der Waals surface area contributed by atoms with Crippen LogP contribution in [0.5, 0.6) is 0 Å². The van der Waals surface area contributed by atoms with Crippen molar-refractivity contribution < 1.29 is 0 Å². The average Bonchev–Trinajstić information content (AvgIpc) is 3.55. The molecule has 8 aromatic rings. The van der Waals surface area contributed by atoms with Crippen LogP contribution in [0, 0.1) is 13.8 Å². The fourth-order valence-corrected chi connectivity index (χ4v) is 7.80. The number of aryl methyl sites for hydroxylation is 2. The van der Waals surface area contributed by atoms with Gasteiger partial charge in [0.05, 0.1) is 16.6 Å². The maximum absolute atomic E-state index is 2.53. The van der Waals surface area contributed by atoms with Gasteiger partial charge in [-0.3, -0.25) is 0 Å². The third kappa shape index (κ3) is 3.73. The van der Waals surface area contributed by atoms with Crippen LogP contribution in [0.4, 0.5) is 0 Å². The minimum absolute atomic E-state index is 0.324. The van der Waals surface area contributed by atoms with Gasteiger partial charge in [0, 0.05) is 44.4 Å². The molecular formula is C42H38N2. The molecule has 2 nitrogen and oxygen atoms in total. The van der Waals surface area contributed by atoms with E-state index in [2.05, 4.69) is 160 Å². The monoisotopic (exact) mass is 570 g/mol. The minimum Gasteiger partial charge on any atom is -0.337 e. The summed E-state index contributed by atoms with van der Waals surface area (Å²) in [4.78, 5) is 0. The minimum atomic E-state index is 0.324. The second-order valence-electron chi connectivity index (χ2n) is 13.0. The number of hydrogen-bond acceptors (Lipinski definition) is 0. The lowest BCUT2D eigenvalue weighted by Crippen LogP contribution is -2.02. The van der Waals surface area contributed by atoms with Crippen molar-refractivity contribution in [3.8, 4) is 16.8 Å². The lowest BCUT2D eigenvalue weighted by molar-refractivity contribution is 0.642. The molecule has 0 fully saturated rings. The molecule has 0 saturated heterocycles. The van der Waals surface area contributed by atoms with Crippen molar-refractivity contribution in [3.63, 3.8) is 0 Å². The molecule has 2 heterocycles. The highest BCUT2D eigenvalue weighted by Crippen LogP contribution is 2.45. The Morgan fingerprint density at radius 1 is 0.500 bits per heavy atom. The van der Waals surface area contributed by atoms with Crippen molar-refractivity contribution in [2.45, 2.75) is 53.5 Å². The molecule has 0 saturated carbocycles. The first kappa shape index (κ1) is 26.8. The van der Waals surface area contributed by atoms with Crippen molar-refractivity contribution in [1.29, 1.82) is 0 Å². The molecular weight excluding hydrogens is 532 g/mol. The summed E-state index contributed by atoms with van der Waals surface area (Å²) in [6.45, 7) is 13.7. The van der Waals surface area contributed by atoms with Gasteiger partial charge >= 0.3 is 0 Å². The van der Waals surface area contributed by atoms with Gasteiger partial charge in [0.25, 0.3) is 0 Å². The molecule has 8 rings (SSSR count). The van der Waals surface area contributed by atoms with Gasteiger partial charge in [0.15, 0.2) is 0 Å². The van der Waals surface area contributed by atoms with Crippen LogP contribution in [0.1, 0.15) is 56.3 Å². The molecule has 0 aliphatic carbocycles. The van der Waals surface area contributed by atoms with Crippen LogP contribution in [0.3, 0.4) is 0 Å². The highest BCUT2D eigenvalue weighted by molar-refractivity contribution is 6.25. The standard InChI is InChI=1S/C42H38N2/c1-25(2)35-22-28(6)39(23-27(35)5)44-38-21-12-10-17-34(38)41-31-16-8-7-14-29(31)36(24-40(41)44)33-19-13-18-32-30-15-9-11-20-37(30)43(26(3)4)42(32)33/h7-26H,1-6H3. The van der Waals surface area contributed by atoms with Gasteiger partial charge in [-0.15, -0.1) is 0 Å². The number of nitrogens with zero attached hydrogens (tertiary/aromatic N) is 2. The van der Waals surface area contributed by atoms with E-state index < -0.39 is 0 Å². The van der Waals surface area contributed by atoms with Gasteiger partial charge in [0.2, 0.25) is 0 Å². The predicted molar refractivity (Wildman–Crippen MR) is 191 cm³/mol. The number of hydrogen-bond donors (Lipinski definition) is 0. The van der Waals surface area contributed by atoms with Gasteiger partial charge < -0.3 is 9.13 Å². The molecule has 44 heavy (non-hydrogen) atoms. The van der Waals surface area contributed by atoms with Crippen LogP contribution in [0.15, 0.2) is 109 Å². The maximum atomic E-state index is 2.53. The van der Waals surface area contributed by atoms with Gasteiger partial charge in [-0.05, 0) is 90.9 Å². The maximum Gasteiger partial charge on any atom is 0.0573 e. The third-order valence-electron chi connectivity index (χ3n) is 9.66. The Labute approximate surface area is 259 Å². The molecule has 0 atom stereocenters. The molecule has 216 valence electrons. The summed E-state index contributed by atoms with van der Waals surface area (Å²) >= 11 is 0. The van der Waals surface area contributed by atoms with Crippen LogP contribution in [0.25, 0.3) is 71.2 Å². The molecule has 2 aromatic heterocycles. The normalized spacial score (nSPS) is 12.3. The van der Waals surface area contributed by atoms with Crippen LogP contribution in [-0.2, 0) is 0 Å². The second kappa shape index (κ2) is 9.86. The third-order valence-corrected chi connectivity index (χ3v) is 9.66. The van der Waals surface area contributed by atoms with E-state index in [1.807, 2.05) is 0 Å². The van der Waals surface area contributed by atoms with Crippen LogP contribution in [-0.4, -0.2) is 9.13 Å². The Bertz CT molecular complexity index is 2410. The summed E-state index contributed by atoms with van der Waals surface area (Å²) in [5, 5.41) is 7.83. The smallest absolute Gasteiger partial charge is 0.0573 e. The molecule has 0 N–H and O–H groups in total. The molecule has 0 aliphatic heterocycles. The van der Waals surface area contributed by atoms with Crippen molar-refractivity contribution >= 4 is 54.4 Å². The first-order chi connectivity index (χ1) is 21.3. The zero-order valence-electron chi connectivity index (χ0n) is 26.4. The number of para-hydroxylation sites is 3. The Hall–Kier alpha value is -4.82. The van der Waals surface area contributed by atoms with Crippen molar-refractivity contribution in [1.82, 2.24) is 9.13 Å². The molecule has 0 aliphatic rings. The van der Waals surface area contributed by atoms with Crippen LogP contribution < -0.4 is 0 Å². The molecule has 2 heteroatoms. The summed E-state index contributed by atoms with van der Waals surface area (Å²) in [6, 6.07) is 41.3. The van der Waals surface area contributed by atoms with Crippen LogP contribution >= 0.6 is 0 Å². The molecule has 0 unspecified atom stereocenters. The largest absolute Gasteiger partial charge is 0.337 e. The fraction of sp³-hybridized carbons (Fsp3) is 0.190. The van der Waals surface area contributed by atoms with Gasteiger partial charge in [-0.25, -0.2) is 0 Å². The summed E-state index contributed by atoms with van der Waals surface area (Å²) in [5.74, 6) is 0.490. The molecule has 0 spiro atoms.